The minimum Gasteiger partial charge on any atom is -0.330 e. The maximum Gasteiger partial charge on any atom is 0.0458 e. The average Bonchev–Trinajstić information content (AvgIpc) is 2.06. The average molecular weight is 242 g/mol. The molecule has 0 heterocycles. The van der Waals surface area contributed by atoms with Crippen molar-refractivity contribution in [3.63, 3.8) is 0 Å². The molecule has 3 saturated carbocycles. The molecule has 4 rings (SSSR count). The smallest absolute Gasteiger partial charge is 0.0458 e. The van der Waals surface area contributed by atoms with Gasteiger partial charge in [0.2, 0.25) is 0 Å². The van der Waals surface area contributed by atoms with Crippen molar-refractivity contribution in [2.24, 2.45) is 11.1 Å². The molecule has 2 N–H and O–H groups in total. The Bertz CT molecular complexity index is 388. The Kier molecular flexibility index (Phi) is 1.93. The Morgan fingerprint density at radius 2 is 1.67 bits per heavy atom. The van der Waals surface area contributed by atoms with Gasteiger partial charge in [-0.25, -0.2) is 0 Å². The van der Waals surface area contributed by atoms with Crippen molar-refractivity contribution in [3.05, 3.63) is 33.8 Å². The van der Waals surface area contributed by atoms with E-state index in [0.29, 0.717) is 5.41 Å². The highest BCUT2D eigenvalue weighted by Crippen LogP contribution is 2.74. The van der Waals surface area contributed by atoms with Crippen molar-refractivity contribution in [2.45, 2.75) is 24.7 Å². The van der Waals surface area contributed by atoms with Crippen LogP contribution in [0.25, 0.3) is 0 Å². The minimum atomic E-state index is 0.259. The van der Waals surface area contributed by atoms with Crippen LogP contribution in [0.2, 0.25) is 10.0 Å². The quantitative estimate of drug-likeness (QED) is 0.845. The van der Waals surface area contributed by atoms with Gasteiger partial charge >= 0.3 is 0 Å². The Morgan fingerprint density at radius 1 is 1.13 bits per heavy atom. The lowest BCUT2D eigenvalue weighted by Gasteiger charge is -2.71. The van der Waals surface area contributed by atoms with E-state index < -0.39 is 0 Å². The topological polar surface area (TPSA) is 26.0 Å². The maximum atomic E-state index is 6.22. The highest BCUT2D eigenvalue weighted by Gasteiger charge is 2.68. The normalized spacial score (nSPS) is 37.0. The summed E-state index contributed by atoms with van der Waals surface area (Å²) in [5, 5.41) is 1.63. The predicted octanol–water partition coefficient (Wildman–Crippen LogP) is 3.37. The van der Waals surface area contributed by atoms with Gasteiger partial charge < -0.3 is 5.73 Å². The molecule has 3 heteroatoms. The lowest BCUT2D eigenvalue weighted by Crippen LogP contribution is -2.67. The number of hydrogen-bond donors (Lipinski definition) is 1. The Hall–Kier alpha value is -0.240. The first-order chi connectivity index (χ1) is 7.11. The summed E-state index contributed by atoms with van der Waals surface area (Å²) in [6.07, 6.45) is 3.50. The van der Waals surface area contributed by atoms with E-state index in [4.69, 9.17) is 28.9 Å². The van der Waals surface area contributed by atoms with Gasteiger partial charge in [0.05, 0.1) is 0 Å². The highest BCUT2D eigenvalue weighted by atomic mass is 35.5. The Labute approximate surface area is 99.6 Å². The van der Waals surface area contributed by atoms with Crippen LogP contribution in [-0.2, 0) is 5.41 Å². The SMILES string of the molecule is NCC12CC(c3c(Cl)cccc3Cl)(C1)C2. The zero-order valence-electron chi connectivity index (χ0n) is 8.39. The van der Waals surface area contributed by atoms with E-state index in [-0.39, 0.29) is 5.41 Å². The van der Waals surface area contributed by atoms with Crippen molar-refractivity contribution in [1.82, 2.24) is 0 Å². The molecule has 80 valence electrons. The van der Waals surface area contributed by atoms with Crippen molar-refractivity contribution in [3.8, 4) is 0 Å². The third kappa shape index (κ3) is 1.15. The third-order valence-electron chi connectivity index (χ3n) is 4.07. The molecule has 0 atom stereocenters. The lowest BCUT2D eigenvalue weighted by atomic mass is 9.33. The minimum absolute atomic E-state index is 0.259. The zero-order valence-corrected chi connectivity index (χ0v) is 9.91. The summed E-state index contributed by atoms with van der Waals surface area (Å²) in [5.41, 5.74) is 7.59. The van der Waals surface area contributed by atoms with E-state index in [1.807, 2.05) is 18.2 Å². The number of halogens is 2. The Morgan fingerprint density at radius 3 is 2.13 bits per heavy atom. The van der Waals surface area contributed by atoms with E-state index in [0.717, 1.165) is 22.2 Å². The number of nitrogens with two attached hydrogens (primary N) is 1. The Balaban J connectivity index is 1.97. The third-order valence-corrected chi connectivity index (χ3v) is 4.70. The number of rotatable bonds is 2. The van der Waals surface area contributed by atoms with Gasteiger partial charge in [-0.05, 0) is 54.3 Å². The van der Waals surface area contributed by atoms with Crippen LogP contribution >= 0.6 is 23.2 Å². The van der Waals surface area contributed by atoms with Crippen LogP contribution in [0.15, 0.2) is 18.2 Å². The largest absolute Gasteiger partial charge is 0.330 e. The summed E-state index contributed by atoms with van der Waals surface area (Å²) >= 11 is 12.4. The van der Waals surface area contributed by atoms with Crippen LogP contribution < -0.4 is 5.73 Å². The van der Waals surface area contributed by atoms with E-state index >= 15 is 0 Å². The van der Waals surface area contributed by atoms with E-state index in [9.17, 15) is 0 Å². The van der Waals surface area contributed by atoms with E-state index in [2.05, 4.69) is 0 Å². The molecule has 1 aromatic rings. The van der Waals surface area contributed by atoms with Crippen LogP contribution in [0.5, 0.6) is 0 Å². The molecule has 1 nitrogen and oxygen atoms in total. The van der Waals surface area contributed by atoms with Crippen LogP contribution in [0.1, 0.15) is 24.8 Å². The standard InChI is InChI=1S/C12H13Cl2N/c13-8-2-1-3-9(14)10(8)12-4-11(5-12,6-12)7-15/h1-3H,4-7,15H2. The molecule has 0 aliphatic heterocycles. The molecule has 0 unspecified atom stereocenters. The van der Waals surface area contributed by atoms with E-state index in [1.54, 1.807) is 0 Å². The summed E-state index contributed by atoms with van der Waals surface area (Å²) in [6, 6.07) is 5.76. The highest BCUT2D eigenvalue weighted by molar-refractivity contribution is 6.36. The van der Waals surface area contributed by atoms with Gasteiger partial charge in [0.1, 0.15) is 0 Å². The first kappa shape index (κ1) is 9.95. The molecule has 3 fully saturated rings. The molecule has 0 spiro atoms. The molecule has 2 bridgehead atoms. The van der Waals surface area contributed by atoms with Gasteiger partial charge in [0, 0.05) is 10.0 Å². The van der Waals surface area contributed by atoms with Gasteiger partial charge in [-0.15, -0.1) is 0 Å². The van der Waals surface area contributed by atoms with Gasteiger partial charge in [-0.1, -0.05) is 29.3 Å². The summed E-state index contributed by atoms with van der Waals surface area (Å²) < 4.78 is 0. The van der Waals surface area contributed by atoms with Crippen LogP contribution in [0, 0.1) is 5.41 Å². The monoisotopic (exact) mass is 241 g/mol. The molecule has 0 aromatic heterocycles. The molecule has 1 aromatic carbocycles. The first-order valence-corrected chi connectivity index (χ1v) is 6.01. The molecule has 3 aliphatic carbocycles. The summed E-state index contributed by atoms with van der Waals surface area (Å²) in [6.45, 7) is 0.802. The summed E-state index contributed by atoms with van der Waals surface area (Å²) in [7, 11) is 0. The van der Waals surface area contributed by atoms with Crippen molar-refractivity contribution in [2.75, 3.05) is 6.54 Å². The fraction of sp³-hybridized carbons (Fsp3) is 0.500. The van der Waals surface area contributed by atoms with Gasteiger partial charge in [-0.3, -0.25) is 0 Å². The van der Waals surface area contributed by atoms with Crippen LogP contribution in [0.4, 0.5) is 0 Å². The lowest BCUT2D eigenvalue weighted by molar-refractivity contribution is -0.132. The van der Waals surface area contributed by atoms with Gasteiger partial charge in [0.25, 0.3) is 0 Å². The van der Waals surface area contributed by atoms with Gasteiger partial charge in [-0.2, -0.15) is 0 Å². The first-order valence-electron chi connectivity index (χ1n) is 5.26. The van der Waals surface area contributed by atoms with Gasteiger partial charge in [0.15, 0.2) is 0 Å². The number of benzene rings is 1. The summed E-state index contributed by atoms with van der Waals surface area (Å²) in [5.74, 6) is 0. The molecule has 0 radical (unpaired) electrons. The molecule has 3 aliphatic rings. The second kappa shape index (κ2) is 2.91. The molecule has 0 saturated heterocycles. The maximum absolute atomic E-state index is 6.22. The fourth-order valence-corrected chi connectivity index (χ4v) is 4.28. The summed E-state index contributed by atoms with van der Waals surface area (Å²) in [4.78, 5) is 0. The molecule has 0 amide bonds. The molecule has 15 heavy (non-hydrogen) atoms. The van der Waals surface area contributed by atoms with Crippen molar-refractivity contribution >= 4 is 23.2 Å². The molecular weight excluding hydrogens is 229 g/mol. The molecular formula is C12H13Cl2N. The zero-order chi connectivity index (χ0) is 10.7. The van der Waals surface area contributed by atoms with Crippen LogP contribution in [0.3, 0.4) is 0 Å². The van der Waals surface area contributed by atoms with Crippen molar-refractivity contribution < 1.29 is 0 Å². The van der Waals surface area contributed by atoms with Crippen LogP contribution in [-0.4, -0.2) is 6.54 Å². The fourth-order valence-electron chi connectivity index (χ4n) is 3.48. The number of hydrogen-bond acceptors (Lipinski definition) is 1. The second-order valence-corrected chi connectivity index (χ2v) is 5.93. The second-order valence-electron chi connectivity index (χ2n) is 5.11. The van der Waals surface area contributed by atoms with E-state index in [1.165, 1.54) is 19.3 Å². The predicted molar refractivity (Wildman–Crippen MR) is 63.5 cm³/mol. The van der Waals surface area contributed by atoms with Crippen molar-refractivity contribution in [1.29, 1.82) is 0 Å².